The summed E-state index contributed by atoms with van der Waals surface area (Å²) in [5.41, 5.74) is 14.1. The fourth-order valence-corrected chi connectivity index (χ4v) is 7.28. The quantitative estimate of drug-likeness (QED) is 0.168. The van der Waals surface area contributed by atoms with Crippen LogP contribution in [0.15, 0.2) is 121 Å². The van der Waals surface area contributed by atoms with Crippen molar-refractivity contribution in [2.75, 3.05) is 0 Å². The molecule has 7 aromatic rings. The van der Waals surface area contributed by atoms with E-state index in [1.807, 2.05) is 97.1 Å². The largest absolute Gasteiger partial charge is 0.508 e. The molecular formula is C44H27Cl3N4O. The Morgan fingerprint density at radius 1 is 0.346 bits per heavy atom. The highest BCUT2D eigenvalue weighted by molar-refractivity contribution is 6.31. The Kier molecular flexibility index (Phi) is 8.05. The number of H-pyrrole nitrogens is 2. The molecule has 5 heterocycles. The van der Waals surface area contributed by atoms with E-state index in [4.69, 9.17) is 44.8 Å². The maximum absolute atomic E-state index is 10.2. The van der Waals surface area contributed by atoms with Crippen molar-refractivity contribution < 1.29 is 5.11 Å². The van der Waals surface area contributed by atoms with Gasteiger partial charge in [-0.1, -0.05) is 83.3 Å². The summed E-state index contributed by atoms with van der Waals surface area (Å²) >= 11 is 19.1. The maximum Gasteiger partial charge on any atom is 0.115 e. The van der Waals surface area contributed by atoms with Crippen LogP contribution in [-0.2, 0) is 0 Å². The number of rotatable bonds is 4. The zero-order valence-corrected chi connectivity index (χ0v) is 29.6. The van der Waals surface area contributed by atoms with Crippen LogP contribution >= 0.6 is 34.8 Å². The van der Waals surface area contributed by atoms with Gasteiger partial charge in [0.05, 0.1) is 22.8 Å². The van der Waals surface area contributed by atoms with Crippen molar-refractivity contribution in [3.8, 4) is 50.3 Å². The lowest BCUT2D eigenvalue weighted by Gasteiger charge is -2.07. The van der Waals surface area contributed by atoms with E-state index in [2.05, 4.69) is 46.4 Å². The highest BCUT2D eigenvalue weighted by atomic mass is 35.5. The van der Waals surface area contributed by atoms with E-state index in [-0.39, 0.29) is 5.75 Å². The van der Waals surface area contributed by atoms with Gasteiger partial charge in [-0.2, -0.15) is 0 Å². The smallest absolute Gasteiger partial charge is 0.115 e. The molecule has 0 radical (unpaired) electrons. The minimum atomic E-state index is 0.188. The molecule has 5 nitrogen and oxygen atoms in total. The van der Waals surface area contributed by atoms with E-state index >= 15 is 0 Å². The number of aromatic amines is 2. The van der Waals surface area contributed by atoms with E-state index in [0.29, 0.717) is 15.1 Å². The van der Waals surface area contributed by atoms with Crippen LogP contribution in [0.1, 0.15) is 22.8 Å². The number of aromatic nitrogens is 4. The van der Waals surface area contributed by atoms with Crippen LogP contribution < -0.4 is 0 Å². The molecule has 0 amide bonds. The standard InChI is InChI=1S/C44H27Cl3N4O/c45-29-9-1-25(2-10-29)41-33-17-19-35(48-33)42(26-3-11-30(46)12-4-26)37-21-23-39(50-37)44(28-7-15-32(52)16-8-28)40-24-22-38(51-40)43(36-20-18-34(41)49-36)27-5-13-31(47)14-6-27/h1-24,48,51-52H. The summed E-state index contributed by atoms with van der Waals surface area (Å²) in [6.45, 7) is 0. The number of hydrogen-bond acceptors (Lipinski definition) is 3. The van der Waals surface area contributed by atoms with E-state index in [9.17, 15) is 5.11 Å². The van der Waals surface area contributed by atoms with Crippen molar-refractivity contribution in [2.24, 2.45) is 0 Å². The molecule has 2 aliphatic heterocycles. The minimum Gasteiger partial charge on any atom is -0.508 e. The molecule has 0 fully saturated rings. The summed E-state index contributed by atoms with van der Waals surface area (Å²) in [5, 5.41) is 12.1. The van der Waals surface area contributed by atoms with E-state index in [0.717, 1.165) is 89.4 Å². The normalized spacial score (nSPS) is 12.1. The summed E-state index contributed by atoms with van der Waals surface area (Å²) < 4.78 is 0. The average Bonchev–Trinajstić information content (AvgIpc) is 3.99. The number of phenolic OH excluding ortho intramolecular Hbond substituents is 1. The Labute approximate surface area is 314 Å². The lowest BCUT2D eigenvalue weighted by Crippen LogP contribution is -1.89. The summed E-state index contributed by atoms with van der Waals surface area (Å²) in [6.07, 6.45) is 8.19. The van der Waals surface area contributed by atoms with Crippen molar-refractivity contribution in [1.29, 1.82) is 0 Å². The molecule has 3 N–H and O–H groups in total. The highest BCUT2D eigenvalue weighted by Crippen LogP contribution is 2.39. The van der Waals surface area contributed by atoms with Crippen molar-refractivity contribution in [3.63, 3.8) is 0 Å². The number of halogens is 3. The van der Waals surface area contributed by atoms with Gasteiger partial charge in [-0.15, -0.1) is 0 Å². The van der Waals surface area contributed by atoms with Gasteiger partial charge in [-0.3, -0.25) is 0 Å². The van der Waals surface area contributed by atoms with Crippen LogP contribution in [0.2, 0.25) is 15.1 Å². The molecule has 4 aromatic carbocycles. The molecule has 0 spiro atoms. The Hall–Kier alpha value is -5.85. The third-order valence-corrected chi connectivity index (χ3v) is 10.1. The van der Waals surface area contributed by atoms with Gasteiger partial charge < -0.3 is 15.1 Å². The van der Waals surface area contributed by atoms with Crippen LogP contribution in [0.5, 0.6) is 5.75 Å². The molecule has 0 saturated carbocycles. The van der Waals surface area contributed by atoms with Crippen LogP contribution in [0.3, 0.4) is 0 Å². The lowest BCUT2D eigenvalue weighted by atomic mass is 10.0. The SMILES string of the molecule is Oc1ccc(-c2c3nc(c(-c4ccc(Cl)cc4)c4ccc([nH]4)c(-c4ccc(Cl)cc4)c4nc(c(-c5ccc(Cl)cc5)c5ccc2[nH]5)C=C4)C=C3)cc1. The van der Waals surface area contributed by atoms with Crippen LogP contribution in [0, 0.1) is 0 Å². The van der Waals surface area contributed by atoms with Crippen molar-refractivity contribution in [2.45, 2.75) is 0 Å². The zero-order chi connectivity index (χ0) is 35.3. The van der Waals surface area contributed by atoms with Crippen molar-refractivity contribution >= 4 is 81.2 Å². The van der Waals surface area contributed by atoms with E-state index < -0.39 is 0 Å². The molecule has 3 aromatic heterocycles. The van der Waals surface area contributed by atoms with Gasteiger partial charge in [-0.25, -0.2) is 9.97 Å². The van der Waals surface area contributed by atoms with Gasteiger partial charge in [0.15, 0.2) is 0 Å². The number of nitrogens with one attached hydrogen (secondary N) is 2. The van der Waals surface area contributed by atoms with Crippen LogP contribution in [0.25, 0.3) is 90.9 Å². The van der Waals surface area contributed by atoms with Crippen molar-refractivity contribution in [1.82, 2.24) is 19.9 Å². The first kappa shape index (κ1) is 32.1. The highest BCUT2D eigenvalue weighted by Gasteiger charge is 2.19. The second-order valence-corrected chi connectivity index (χ2v) is 13.9. The molecule has 9 rings (SSSR count). The third kappa shape index (κ3) is 5.89. The molecule has 250 valence electrons. The Morgan fingerprint density at radius 2 is 0.596 bits per heavy atom. The van der Waals surface area contributed by atoms with Gasteiger partial charge in [0.1, 0.15) is 5.75 Å². The number of nitrogens with zero attached hydrogens (tertiary/aromatic N) is 2. The molecular weight excluding hydrogens is 707 g/mol. The Morgan fingerprint density at radius 3 is 0.865 bits per heavy atom. The predicted molar refractivity (Wildman–Crippen MR) is 217 cm³/mol. The van der Waals surface area contributed by atoms with Gasteiger partial charge >= 0.3 is 0 Å². The second-order valence-electron chi connectivity index (χ2n) is 12.6. The molecule has 0 aliphatic carbocycles. The average molecular weight is 734 g/mol. The van der Waals surface area contributed by atoms with Crippen LogP contribution in [-0.4, -0.2) is 25.0 Å². The molecule has 0 atom stereocenters. The lowest BCUT2D eigenvalue weighted by molar-refractivity contribution is 0.475. The molecule has 2 aliphatic rings. The van der Waals surface area contributed by atoms with E-state index in [1.54, 1.807) is 12.1 Å². The predicted octanol–water partition coefficient (Wildman–Crippen LogP) is 13.0. The monoisotopic (exact) mass is 732 g/mol. The summed E-state index contributed by atoms with van der Waals surface area (Å²) in [5.74, 6) is 0.188. The fraction of sp³-hybridized carbons (Fsp3) is 0. The van der Waals surface area contributed by atoms with Gasteiger partial charge in [-0.05, 0) is 119 Å². The van der Waals surface area contributed by atoms with Gasteiger partial charge in [0, 0.05) is 59.4 Å². The van der Waals surface area contributed by atoms with Gasteiger partial charge in [0.2, 0.25) is 0 Å². The number of benzene rings is 4. The van der Waals surface area contributed by atoms with Gasteiger partial charge in [0.25, 0.3) is 0 Å². The molecule has 0 saturated heterocycles. The zero-order valence-electron chi connectivity index (χ0n) is 27.3. The first-order valence-corrected chi connectivity index (χ1v) is 17.7. The summed E-state index contributed by atoms with van der Waals surface area (Å²) in [6, 6.07) is 38.9. The fourth-order valence-electron chi connectivity index (χ4n) is 6.90. The molecule has 52 heavy (non-hydrogen) atoms. The first-order valence-electron chi connectivity index (χ1n) is 16.6. The Bertz CT molecular complexity index is 2370. The topological polar surface area (TPSA) is 77.6 Å². The van der Waals surface area contributed by atoms with Crippen LogP contribution in [0.4, 0.5) is 0 Å². The second kappa shape index (κ2) is 13.0. The minimum absolute atomic E-state index is 0.188. The van der Waals surface area contributed by atoms with E-state index in [1.165, 1.54) is 0 Å². The number of phenols is 1. The summed E-state index contributed by atoms with van der Waals surface area (Å²) in [4.78, 5) is 18.0. The molecule has 8 heteroatoms. The third-order valence-electron chi connectivity index (χ3n) is 9.31. The summed E-state index contributed by atoms with van der Waals surface area (Å²) in [7, 11) is 0. The van der Waals surface area contributed by atoms with Crippen molar-refractivity contribution in [3.05, 3.63) is 159 Å². The Balaban J connectivity index is 1.47. The number of fused-ring (bicyclic) bond motifs is 8. The number of aromatic hydroxyl groups is 1. The molecule has 0 unspecified atom stereocenters. The molecule has 8 bridgehead atoms. The number of hydrogen-bond donors (Lipinski definition) is 3. The maximum atomic E-state index is 10.2. The first-order chi connectivity index (χ1) is 25.4.